The molecule has 4 rings (SSSR count). The van der Waals surface area contributed by atoms with Crippen LogP contribution in [0.4, 0.5) is 11.4 Å². The van der Waals surface area contributed by atoms with Gasteiger partial charge in [0.25, 0.3) is 5.91 Å². The Morgan fingerprint density at radius 2 is 2.04 bits per heavy atom. The molecule has 2 heterocycles. The van der Waals surface area contributed by atoms with Gasteiger partial charge in [-0.25, -0.2) is 0 Å². The van der Waals surface area contributed by atoms with Gasteiger partial charge in [-0.1, -0.05) is 18.7 Å². The predicted octanol–water partition coefficient (Wildman–Crippen LogP) is 2.26. The standard InChI is InChI=1S/C21H20N4O3/c1-2-19(26)23-15-4-3-5-16(12-15)24-20(27)14-7-6-13-10-18-21(28)22-8-9-25(18)17(13)11-14/h2-5,7-9,11-13,18H,1,6,10H2,(H,22,28)(H,23,26)(H,24,27). The first kappa shape index (κ1) is 17.8. The second kappa shape index (κ2) is 7.19. The van der Waals surface area contributed by atoms with Crippen molar-refractivity contribution in [3.8, 4) is 0 Å². The highest BCUT2D eigenvalue weighted by atomic mass is 16.2. The SMILES string of the molecule is C=CC(=O)Nc1cccc(NC(=O)C2=CCC3CC4C(=O)NC=CN4C3=C2)c1. The summed E-state index contributed by atoms with van der Waals surface area (Å²) in [5.41, 5.74) is 2.71. The topological polar surface area (TPSA) is 90.5 Å². The van der Waals surface area contributed by atoms with Crippen LogP contribution in [0.25, 0.3) is 0 Å². The van der Waals surface area contributed by atoms with E-state index in [0.717, 1.165) is 18.5 Å². The Morgan fingerprint density at radius 3 is 2.82 bits per heavy atom. The summed E-state index contributed by atoms with van der Waals surface area (Å²) in [6.45, 7) is 3.42. The minimum atomic E-state index is -0.316. The van der Waals surface area contributed by atoms with Crippen molar-refractivity contribution in [1.82, 2.24) is 10.2 Å². The summed E-state index contributed by atoms with van der Waals surface area (Å²) in [4.78, 5) is 38.2. The Hall–Kier alpha value is -3.61. The van der Waals surface area contributed by atoms with Crippen molar-refractivity contribution in [2.75, 3.05) is 10.6 Å². The number of hydrogen-bond donors (Lipinski definition) is 3. The lowest BCUT2D eigenvalue weighted by atomic mass is 9.92. The molecule has 0 aromatic heterocycles. The lowest BCUT2D eigenvalue weighted by Crippen LogP contribution is -2.42. The number of nitrogens with one attached hydrogen (secondary N) is 3. The molecule has 3 aliphatic rings. The van der Waals surface area contributed by atoms with Crippen molar-refractivity contribution in [1.29, 1.82) is 0 Å². The highest BCUT2D eigenvalue weighted by molar-refractivity contribution is 6.06. The number of carbonyl (C=O) groups excluding carboxylic acids is 3. The summed E-state index contributed by atoms with van der Waals surface area (Å²) < 4.78 is 0. The third kappa shape index (κ3) is 3.34. The molecular formula is C21H20N4O3. The van der Waals surface area contributed by atoms with Crippen LogP contribution in [0.1, 0.15) is 12.8 Å². The van der Waals surface area contributed by atoms with E-state index in [2.05, 4.69) is 22.5 Å². The first-order valence-corrected chi connectivity index (χ1v) is 9.07. The third-order valence-electron chi connectivity index (χ3n) is 5.08. The number of rotatable bonds is 4. The molecule has 0 saturated carbocycles. The van der Waals surface area contributed by atoms with E-state index >= 15 is 0 Å². The van der Waals surface area contributed by atoms with E-state index in [9.17, 15) is 14.4 Å². The van der Waals surface area contributed by atoms with Crippen LogP contribution in [-0.4, -0.2) is 28.7 Å². The monoisotopic (exact) mass is 376 g/mol. The fraction of sp³-hybridized carbons (Fsp3) is 0.190. The van der Waals surface area contributed by atoms with Crippen LogP contribution in [0, 0.1) is 5.92 Å². The molecule has 28 heavy (non-hydrogen) atoms. The van der Waals surface area contributed by atoms with Crippen LogP contribution >= 0.6 is 0 Å². The number of fused-ring (bicyclic) bond motifs is 3. The van der Waals surface area contributed by atoms with Crippen LogP contribution in [0.5, 0.6) is 0 Å². The van der Waals surface area contributed by atoms with Crippen LogP contribution in [-0.2, 0) is 14.4 Å². The van der Waals surface area contributed by atoms with E-state index in [1.807, 2.05) is 23.3 Å². The van der Waals surface area contributed by atoms with E-state index in [0.29, 0.717) is 16.9 Å². The normalized spacial score (nSPS) is 22.3. The van der Waals surface area contributed by atoms with E-state index in [-0.39, 0.29) is 29.7 Å². The Bertz CT molecular complexity index is 960. The summed E-state index contributed by atoms with van der Waals surface area (Å²) in [7, 11) is 0. The van der Waals surface area contributed by atoms with Crippen LogP contribution in [0.15, 0.2) is 72.7 Å². The van der Waals surface area contributed by atoms with Gasteiger partial charge in [0, 0.05) is 41.0 Å². The first-order valence-electron chi connectivity index (χ1n) is 9.07. The van der Waals surface area contributed by atoms with Gasteiger partial charge < -0.3 is 20.9 Å². The van der Waals surface area contributed by atoms with Gasteiger partial charge in [0.1, 0.15) is 6.04 Å². The van der Waals surface area contributed by atoms with E-state index in [1.165, 1.54) is 6.08 Å². The molecule has 2 aliphatic heterocycles. The van der Waals surface area contributed by atoms with Crippen molar-refractivity contribution < 1.29 is 14.4 Å². The largest absolute Gasteiger partial charge is 0.337 e. The zero-order valence-corrected chi connectivity index (χ0v) is 15.1. The third-order valence-corrected chi connectivity index (χ3v) is 5.08. The van der Waals surface area contributed by atoms with Crippen molar-refractivity contribution in [2.24, 2.45) is 5.92 Å². The average Bonchev–Trinajstić information content (AvgIpc) is 3.07. The van der Waals surface area contributed by atoms with Crippen LogP contribution < -0.4 is 16.0 Å². The second-order valence-corrected chi connectivity index (χ2v) is 6.87. The molecule has 3 amide bonds. The molecule has 2 unspecified atom stereocenters. The molecule has 1 aliphatic carbocycles. The van der Waals surface area contributed by atoms with Gasteiger partial charge in [0.05, 0.1) is 0 Å². The highest BCUT2D eigenvalue weighted by Crippen LogP contribution is 2.40. The fourth-order valence-corrected chi connectivity index (χ4v) is 3.74. The van der Waals surface area contributed by atoms with E-state index in [4.69, 9.17) is 0 Å². The van der Waals surface area contributed by atoms with Crippen LogP contribution in [0.2, 0.25) is 0 Å². The zero-order valence-electron chi connectivity index (χ0n) is 15.1. The molecule has 7 heteroatoms. The zero-order chi connectivity index (χ0) is 19.7. The van der Waals surface area contributed by atoms with Gasteiger partial charge >= 0.3 is 0 Å². The number of hydrogen-bond acceptors (Lipinski definition) is 4. The van der Waals surface area contributed by atoms with E-state index in [1.54, 1.807) is 30.5 Å². The Balaban J connectivity index is 1.49. The maximum absolute atomic E-state index is 12.7. The minimum absolute atomic E-state index is 0.0119. The molecule has 1 aromatic carbocycles. The maximum Gasteiger partial charge on any atom is 0.255 e. The first-order chi connectivity index (χ1) is 13.5. The molecule has 142 valence electrons. The Kier molecular flexibility index (Phi) is 4.57. The highest BCUT2D eigenvalue weighted by Gasteiger charge is 2.41. The molecule has 0 bridgehead atoms. The fourth-order valence-electron chi connectivity index (χ4n) is 3.74. The van der Waals surface area contributed by atoms with Crippen molar-refractivity contribution in [3.05, 3.63) is 72.7 Å². The Labute approximate surface area is 162 Å². The average molecular weight is 376 g/mol. The van der Waals surface area contributed by atoms with Gasteiger partial charge in [-0.15, -0.1) is 0 Å². The summed E-state index contributed by atoms with van der Waals surface area (Å²) in [5.74, 6) is -0.314. The number of benzene rings is 1. The van der Waals surface area contributed by atoms with E-state index < -0.39 is 0 Å². The quantitative estimate of drug-likeness (QED) is 0.703. The van der Waals surface area contributed by atoms with Crippen molar-refractivity contribution in [2.45, 2.75) is 18.9 Å². The van der Waals surface area contributed by atoms with Gasteiger partial charge in [-0.3, -0.25) is 14.4 Å². The number of carbonyl (C=O) groups is 3. The maximum atomic E-state index is 12.7. The number of allylic oxidation sites excluding steroid dienone is 2. The van der Waals surface area contributed by atoms with Gasteiger partial charge in [0.15, 0.2) is 0 Å². The molecule has 0 radical (unpaired) electrons. The number of anilines is 2. The molecule has 7 nitrogen and oxygen atoms in total. The summed E-state index contributed by atoms with van der Waals surface area (Å²) >= 11 is 0. The smallest absolute Gasteiger partial charge is 0.255 e. The lowest BCUT2D eigenvalue weighted by Gasteiger charge is -2.27. The minimum Gasteiger partial charge on any atom is -0.337 e. The number of nitrogens with zero attached hydrogens (tertiary/aromatic N) is 1. The molecular weight excluding hydrogens is 356 g/mol. The molecule has 3 N–H and O–H groups in total. The van der Waals surface area contributed by atoms with Crippen molar-refractivity contribution in [3.63, 3.8) is 0 Å². The van der Waals surface area contributed by atoms with Gasteiger partial charge in [-0.05, 0) is 43.2 Å². The summed E-state index contributed by atoms with van der Waals surface area (Å²) in [6.07, 6.45) is 9.90. The molecule has 1 aromatic rings. The molecule has 1 saturated heterocycles. The van der Waals surface area contributed by atoms with Crippen molar-refractivity contribution >= 4 is 29.1 Å². The van der Waals surface area contributed by atoms with Crippen LogP contribution in [0.3, 0.4) is 0 Å². The van der Waals surface area contributed by atoms with Gasteiger partial charge in [-0.2, -0.15) is 0 Å². The lowest BCUT2D eigenvalue weighted by molar-refractivity contribution is -0.124. The molecule has 2 atom stereocenters. The predicted molar refractivity (Wildman–Crippen MR) is 106 cm³/mol. The summed E-state index contributed by atoms with van der Waals surface area (Å²) in [6, 6.07) is 6.71. The molecule has 1 fully saturated rings. The Morgan fingerprint density at radius 1 is 1.25 bits per heavy atom. The number of amides is 3. The molecule has 0 spiro atoms. The van der Waals surface area contributed by atoms with Gasteiger partial charge in [0.2, 0.25) is 11.8 Å². The summed E-state index contributed by atoms with van der Waals surface area (Å²) in [5, 5.41) is 8.25. The second-order valence-electron chi connectivity index (χ2n) is 6.87.